The van der Waals surface area contributed by atoms with E-state index >= 15 is 0 Å². The number of rotatable bonds is 2. The van der Waals surface area contributed by atoms with Crippen molar-refractivity contribution in [1.82, 2.24) is 4.98 Å². The molecule has 1 N–H and O–H groups in total. The highest BCUT2D eigenvalue weighted by Gasteiger charge is 2.17. The topological polar surface area (TPSA) is 66.6 Å². The lowest BCUT2D eigenvalue weighted by Crippen LogP contribution is -2.29. The lowest BCUT2D eigenvalue weighted by Gasteiger charge is -2.23. The molecule has 0 bridgehead atoms. The van der Waals surface area contributed by atoms with E-state index in [1.807, 2.05) is 0 Å². The summed E-state index contributed by atoms with van der Waals surface area (Å²) in [5, 5.41) is 8.95. The molecule has 0 aliphatic carbocycles. The standard InChI is InChI=1S/C14H14N2O3/c1-9-3-2-6-16(8-9)14-15-11-5-4-10(13(17)18)7-12(11)19-14/h3-5,7H,2,6,8H2,1H3,(H,17,18). The number of benzene rings is 1. The van der Waals surface area contributed by atoms with Gasteiger partial charge in [-0.25, -0.2) is 4.79 Å². The molecule has 2 heterocycles. The number of aromatic nitrogens is 1. The summed E-state index contributed by atoms with van der Waals surface area (Å²) >= 11 is 0. The van der Waals surface area contributed by atoms with Gasteiger partial charge in [0.25, 0.3) is 6.01 Å². The summed E-state index contributed by atoms with van der Waals surface area (Å²) in [4.78, 5) is 17.4. The largest absolute Gasteiger partial charge is 0.478 e. The molecule has 5 heteroatoms. The minimum absolute atomic E-state index is 0.213. The van der Waals surface area contributed by atoms with Crippen molar-refractivity contribution in [2.45, 2.75) is 13.3 Å². The Morgan fingerprint density at radius 2 is 2.32 bits per heavy atom. The highest BCUT2D eigenvalue weighted by molar-refractivity contribution is 5.92. The van der Waals surface area contributed by atoms with Crippen LogP contribution < -0.4 is 4.90 Å². The molecule has 0 spiro atoms. The first-order valence-corrected chi connectivity index (χ1v) is 6.18. The van der Waals surface area contributed by atoms with Crippen molar-refractivity contribution in [3.63, 3.8) is 0 Å². The van der Waals surface area contributed by atoms with Gasteiger partial charge in [-0.05, 0) is 31.5 Å². The number of fused-ring (bicyclic) bond motifs is 1. The van der Waals surface area contributed by atoms with E-state index in [4.69, 9.17) is 9.52 Å². The first-order chi connectivity index (χ1) is 9.13. The van der Waals surface area contributed by atoms with Gasteiger partial charge in [-0.15, -0.1) is 0 Å². The molecule has 0 unspecified atom stereocenters. The third kappa shape index (κ3) is 2.19. The van der Waals surface area contributed by atoms with Crippen molar-refractivity contribution < 1.29 is 14.3 Å². The molecular weight excluding hydrogens is 244 g/mol. The summed E-state index contributed by atoms with van der Waals surface area (Å²) in [6.07, 6.45) is 3.19. The van der Waals surface area contributed by atoms with Crippen LogP contribution in [0.3, 0.4) is 0 Å². The fourth-order valence-corrected chi connectivity index (χ4v) is 2.26. The van der Waals surface area contributed by atoms with Crippen molar-refractivity contribution in [1.29, 1.82) is 0 Å². The van der Waals surface area contributed by atoms with Crippen LogP contribution >= 0.6 is 0 Å². The molecule has 0 saturated carbocycles. The van der Waals surface area contributed by atoms with Gasteiger partial charge in [-0.1, -0.05) is 11.6 Å². The normalized spacial score (nSPS) is 15.6. The third-order valence-electron chi connectivity index (χ3n) is 3.23. The van der Waals surface area contributed by atoms with E-state index in [0.29, 0.717) is 17.1 Å². The fourth-order valence-electron chi connectivity index (χ4n) is 2.26. The SMILES string of the molecule is CC1=CCCN(c2nc3ccc(C(=O)O)cc3o2)C1. The molecule has 98 valence electrons. The van der Waals surface area contributed by atoms with Crippen LogP contribution in [0.4, 0.5) is 6.01 Å². The molecule has 2 aromatic rings. The summed E-state index contributed by atoms with van der Waals surface area (Å²) in [5.74, 6) is -0.961. The van der Waals surface area contributed by atoms with E-state index in [9.17, 15) is 4.79 Å². The Kier molecular flexibility index (Phi) is 2.74. The minimum atomic E-state index is -0.961. The molecule has 0 amide bonds. The number of anilines is 1. The monoisotopic (exact) mass is 258 g/mol. The van der Waals surface area contributed by atoms with Gasteiger partial charge >= 0.3 is 5.97 Å². The second-order valence-corrected chi connectivity index (χ2v) is 4.74. The molecule has 1 aliphatic rings. The maximum atomic E-state index is 10.9. The van der Waals surface area contributed by atoms with Crippen LogP contribution in [0.2, 0.25) is 0 Å². The molecule has 0 saturated heterocycles. The van der Waals surface area contributed by atoms with E-state index in [0.717, 1.165) is 19.5 Å². The Morgan fingerprint density at radius 1 is 1.47 bits per heavy atom. The quantitative estimate of drug-likeness (QED) is 0.839. The average Bonchev–Trinajstić information content (AvgIpc) is 2.81. The summed E-state index contributed by atoms with van der Waals surface area (Å²) in [6.45, 7) is 3.76. The smallest absolute Gasteiger partial charge is 0.335 e. The number of carbonyl (C=O) groups is 1. The number of carboxylic acids is 1. The number of aromatic carboxylic acids is 1. The lowest BCUT2D eigenvalue weighted by atomic mass is 10.1. The molecule has 1 aromatic heterocycles. The van der Waals surface area contributed by atoms with Crippen molar-refractivity contribution in [2.24, 2.45) is 0 Å². The van der Waals surface area contributed by atoms with Gasteiger partial charge in [-0.3, -0.25) is 0 Å². The van der Waals surface area contributed by atoms with Gasteiger partial charge in [0.05, 0.1) is 5.56 Å². The summed E-state index contributed by atoms with van der Waals surface area (Å²) in [7, 11) is 0. The highest BCUT2D eigenvalue weighted by atomic mass is 16.4. The Morgan fingerprint density at radius 3 is 3.05 bits per heavy atom. The van der Waals surface area contributed by atoms with Crippen molar-refractivity contribution >= 4 is 23.1 Å². The zero-order valence-corrected chi connectivity index (χ0v) is 10.6. The second-order valence-electron chi connectivity index (χ2n) is 4.74. The van der Waals surface area contributed by atoms with E-state index in [1.54, 1.807) is 12.1 Å². The number of nitrogens with zero attached hydrogens (tertiary/aromatic N) is 2. The molecule has 0 radical (unpaired) electrons. The van der Waals surface area contributed by atoms with Crippen LogP contribution in [-0.4, -0.2) is 29.1 Å². The first kappa shape index (κ1) is 11.8. The molecule has 1 aromatic carbocycles. The number of carboxylic acid groups (broad SMARTS) is 1. The number of oxazole rings is 1. The maximum Gasteiger partial charge on any atom is 0.335 e. The van der Waals surface area contributed by atoms with Gasteiger partial charge < -0.3 is 14.4 Å². The number of hydrogen-bond donors (Lipinski definition) is 1. The molecule has 0 atom stereocenters. The van der Waals surface area contributed by atoms with Crippen LogP contribution in [0.25, 0.3) is 11.1 Å². The maximum absolute atomic E-state index is 10.9. The van der Waals surface area contributed by atoms with Gasteiger partial charge in [0.1, 0.15) is 5.52 Å². The van der Waals surface area contributed by atoms with Crippen molar-refractivity contribution in [3.8, 4) is 0 Å². The van der Waals surface area contributed by atoms with Crippen LogP contribution in [0.15, 0.2) is 34.3 Å². The molecule has 3 rings (SSSR count). The van der Waals surface area contributed by atoms with Crippen molar-refractivity contribution in [3.05, 3.63) is 35.4 Å². The van der Waals surface area contributed by atoms with Gasteiger partial charge in [0.15, 0.2) is 5.58 Å². The predicted molar refractivity (Wildman–Crippen MR) is 71.6 cm³/mol. The predicted octanol–water partition coefficient (Wildman–Crippen LogP) is 2.68. The molecule has 1 aliphatic heterocycles. The van der Waals surface area contributed by atoms with Gasteiger partial charge in [0, 0.05) is 13.1 Å². The van der Waals surface area contributed by atoms with Crippen LogP contribution in [0.5, 0.6) is 0 Å². The zero-order chi connectivity index (χ0) is 13.4. The molecule has 19 heavy (non-hydrogen) atoms. The molecule has 5 nitrogen and oxygen atoms in total. The summed E-state index contributed by atoms with van der Waals surface area (Å²) in [6, 6.07) is 5.29. The fraction of sp³-hybridized carbons (Fsp3) is 0.286. The second kappa shape index (κ2) is 4.42. The van der Waals surface area contributed by atoms with Crippen LogP contribution in [-0.2, 0) is 0 Å². The van der Waals surface area contributed by atoms with E-state index in [2.05, 4.69) is 22.9 Å². The van der Waals surface area contributed by atoms with Gasteiger partial charge in [-0.2, -0.15) is 4.98 Å². The third-order valence-corrected chi connectivity index (χ3v) is 3.23. The number of hydrogen-bond acceptors (Lipinski definition) is 4. The average molecular weight is 258 g/mol. The van der Waals surface area contributed by atoms with E-state index in [1.165, 1.54) is 11.6 Å². The summed E-state index contributed by atoms with van der Waals surface area (Å²) in [5.41, 5.74) is 2.71. The Balaban J connectivity index is 1.97. The van der Waals surface area contributed by atoms with Crippen LogP contribution in [0.1, 0.15) is 23.7 Å². The Bertz CT molecular complexity index is 672. The lowest BCUT2D eigenvalue weighted by molar-refractivity contribution is 0.0697. The summed E-state index contributed by atoms with van der Waals surface area (Å²) < 4.78 is 5.67. The highest BCUT2D eigenvalue weighted by Crippen LogP contribution is 2.25. The first-order valence-electron chi connectivity index (χ1n) is 6.18. The van der Waals surface area contributed by atoms with Crippen molar-refractivity contribution in [2.75, 3.05) is 18.0 Å². The Hall–Kier alpha value is -2.30. The zero-order valence-electron chi connectivity index (χ0n) is 10.6. The molecular formula is C14H14N2O3. The van der Waals surface area contributed by atoms with E-state index in [-0.39, 0.29) is 5.56 Å². The van der Waals surface area contributed by atoms with Gasteiger partial charge in [0.2, 0.25) is 0 Å². The minimum Gasteiger partial charge on any atom is -0.478 e. The Labute approximate surface area is 110 Å². The van der Waals surface area contributed by atoms with E-state index < -0.39 is 5.97 Å². The van der Waals surface area contributed by atoms with Crippen LogP contribution in [0, 0.1) is 0 Å². The molecule has 0 fully saturated rings.